The molecule has 0 spiro atoms. The first-order valence-corrected chi connectivity index (χ1v) is 2.70. The molecule has 0 aromatic heterocycles. The van der Waals surface area contributed by atoms with Gasteiger partial charge in [-0.1, -0.05) is 18.2 Å². The lowest BCUT2D eigenvalue weighted by Crippen LogP contribution is -1.80. The summed E-state index contributed by atoms with van der Waals surface area (Å²) < 4.78 is 0. The van der Waals surface area contributed by atoms with Crippen LogP contribution in [0, 0.1) is 0 Å². The largest absolute Gasteiger partial charge is 0.392 e. The molecule has 0 aliphatic rings. The van der Waals surface area contributed by atoms with Gasteiger partial charge >= 0.3 is 0 Å². The van der Waals surface area contributed by atoms with E-state index in [0.717, 1.165) is 5.57 Å². The van der Waals surface area contributed by atoms with Gasteiger partial charge in [0.1, 0.15) is 0 Å². The summed E-state index contributed by atoms with van der Waals surface area (Å²) in [5, 5.41) is 8.46. The molecule has 0 saturated heterocycles. The fourth-order valence-corrected chi connectivity index (χ4v) is 0.313. The van der Waals surface area contributed by atoms with Crippen LogP contribution in [0.5, 0.6) is 0 Å². The van der Waals surface area contributed by atoms with E-state index in [1.54, 1.807) is 0 Å². The third kappa shape index (κ3) is 3.62. The van der Waals surface area contributed by atoms with Crippen molar-refractivity contribution in [3.8, 4) is 0 Å². The Labute approximate surface area is 50.3 Å². The van der Waals surface area contributed by atoms with Crippen molar-refractivity contribution in [2.45, 2.75) is 13.8 Å². The number of aliphatic hydroxyl groups is 1. The minimum Gasteiger partial charge on any atom is -0.392 e. The average Bonchev–Trinajstić information content (AvgIpc) is 1.83. The molecular formula is C7H12O. The lowest BCUT2D eigenvalue weighted by Gasteiger charge is -1.86. The monoisotopic (exact) mass is 112 g/mol. The first-order chi connectivity index (χ1) is 3.81. The maximum absolute atomic E-state index is 8.46. The Hall–Kier alpha value is -0.560. The molecule has 0 unspecified atom stereocenters. The topological polar surface area (TPSA) is 20.2 Å². The van der Waals surface area contributed by atoms with Crippen molar-refractivity contribution in [1.82, 2.24) is 0 Å². The molecule has 1 N–H and O–H groups in total. The van der Waals surface area contributed by atoms with Crippen molar-refractivity contribution in [2.24, 2.45) is 0 Å². The third-order valence-corrected chi connectivity index (χ3v) is 0.823. The van der Waals surface area contributed by atoms with Crippen molar-refractivity contribution in [3.05, 3.63) is 23.8 Å². The lowest BCUT2D eigenvalue weighted by molar-refractivity contribution is 0.331. The van der Waals surface area contributed by atoms with Gasteiger partial charge in [0.2, 0.25) is 0 Å². The van der Waals surface area contributed by atoms with Crippen LogP contribution in [0.2, 0.25) is 0 Å². The summed E-state index contributed by atoms with van der Waals surface area (Å²) in [6, 6.07) is 0. The van der Waals surface area contributed by atoms with E-state index in [1.165, 1.54) is 0 Å². The average molecular weight is 112 g/mol. The highest BCUT2D eigenvalue weighted by Gasteiger charge is 1.76. The Bertz CT molecular complexity index is 101. The molecule has 0 rings (SSSR count). The van der Waals surface area contributed by atoms with Crippen LogP contribution < -0.4 is 0 Å². The van der Waals surface area contributed by atoms with E-state index in [-0.39, 0.29) is 6.61 Å². The van der Waals surface area contributed by atoms with Gasteiger partial charge in [0.15, 0.2) is 0 Å². The molecule has 0 aromatic carbocycles. The molecule has 0 radical (unpaired) electrons. The van der Waals surface area contributed by atoms with Gasteiger partial charge in [-0.15, -0.1) is 0 Å². The zero-order chi connectivity index (χ0) is 6.41. The van der Waals surface area contributed by atoms with Gasteiger partial charge in [0.05, 0.1) is 6.61 Å². The second kappa shape index (κ2) is 4.60. The summed E-state index contributed by atoms with van der Waals surface area (Å²) >= 11 is 0. The van der Waals surface area contributed by atoms with Crippen LogP contribution in [0.1, 0.15) is 13.8 Å². The van der Waals surface area contributed by atoms with Crippen molar-refractivity contribution < 1.29 is 5.11 Å². The lowest BCUT2D eigenvalue weighted by atomic mass is 10.3. The zero-order valence-electron chi connectivity index (χ0n) is 5.39. The summed E-state index contributed by atoms with van der Waals surface area (Å²) in [7, 11) is 0. The van der Waals surface area contributed by atoms with Crippen molar-refractivity contribution >= 4 is 0 Å². The minimum absolute atomic E-state index is 0.157. The predicted octanol–water partition coefficient (Wildman–Crippen LogP) is 1.50. The van der Waals surface area contributed by atoms with E-state index in [2.05, 4.69) is 0 Å². The van der Waals surface area contributed by atoms with Gasteiger partial charge < -0.3 is 5.11 Å². The van der Waals surface area contributed by atoms with E-state index in [9.17, 15) is 0 Å². The summed E-state index contributed by atoms with van der Waals surface area (Å²) in [5.41, 5.74) is 0.989. The highest BCUT2D eigenvalue weighted by molar-refractivity contribution is 5.09. The molecular weight excluding hydrogens is 100 g/mol. The van der Waals surface area contributed by atoms with Crippen molar-refractivity contribution in [1.29, 1.82) is 0 Å². The first-order valence-electron chi connectivity index (χ1n) is 2.70. The van der Waals surface area contributed by atoms with Crippen molar-refractivity contribution in [3.63, 3.8) is 0 Å². The Morgan fingerprint density at radius 1 is 1.62 bits per heavy atom. The van der Waals surface area contributed by atoms with E-state index in [1.807, 2.05) is 32.1 Å². The van der Waals surface area contributed by atoms with E-state index in [4.69, 9.17) is 5.11 Å². The van der Waals surface area contributed by atoms with Crippen LogP contribution in [-0.2, 0) is 0 Å². The molecule has 0 fully saturated rings. The second-order valence-corrected chi connectivity index (χ2v) is 1.70. The second-order valence-electron chi connectivity index (χ2n) is 1.70. The van der Waals surface area contributed by atoms with Gasteiger partial charge in [0.25, 0.3) is 0 Å². The van der Waals surface area contributed by atoms with Crippen LogP contribution in [-0.4, -0.2) is 11.7 Å². The van der Waals surface area contributed by atoms with E-state index < -0.39 is 0 Å². The van der Waals surface area contributed by atoms with Gasteiger partial charge in [-0.25, -0.2) is 0 Å². The number of hydrogen-bond donors (Lipinski definition) is 1. The molecule has 0 bridgehead atoms. The quantitative estimate of drug-likeness (QED) is 0.537. The minimum atomic E-state index is 0.157. The fraction of sp³-hybridized carbons (Fsp3) is 0.429. The van der Waals surface area contributed by atoms with Gasteiger partial charge in [-0.3, -0.25) is 0 Å². The molecule has 1 nitrogen and oxygen atoms in total. The van der Waals surface area contributed by atoms with Crippen LogP contribution in [0.4, 0.5) is 0 Å². The molecule has 46 valence electrons. The smallest absolute Gasteiger partial charge is 0.0642 e. The maximum atomic E-state index is 8.46. The molecule has 8 heavy (non-hydrogen) atoms. The van der Waals surface area contributed by atoms with Gasteiger partial charge in [0, 0.05) is 0 Å². The van der Waals surface area contributed by atoms with Crippen LogP contribution in [0.15, 0.2) is 23.8 Å². The van der Waals surface area contributed by atoms with E-state index >= 15 is 0 Å². The van der Waals surface area contributed by atoms with Crippen LogP contribution >= 0.6 is 0 Å². The number of allylic oxidation sites excluding steroid dienone is 3. The summed E-state index contributed by atoms with van der Waals surface area (Å²) in [6.07, 6.45) is 5.73. The van der Waals surface area contributed by atoms with Crippen molar-refractivity contribution in [2.75, 3.05) is 6.61 Å². The number of rotatable bonds is 2. The zero-order valence-corrected chi connectivity index (χ0v) is 5.39. The SMILES string of the molecule is CC=CC=C(C)CO. The highest BCUT2D eigenvalue weighted by Crippen LogP contribution is 1.88. The van der Waals surface area contributed by atoms with E-state index in [0.29, 0.717) is 0 Å². The Morgan fingerprint density at radius 3 is 2.62 bits per heavy atom. The molecule has 0 saturated carbocycles. The highest BCUT2D eigenvalue weighted by atomic mass is 16.3. The number of aliphatic hydroxyl groups excluding tert-OH is 1. The normalized spacial score (nSPS) is 13.1. The van der Waals surface area contributed by atoms with Crippen LogP contribution in [0.25, 0.3) is 0 Å². The third-order valence-electron chi connectivity index (χ3n) is 0.823. The first kappa shape index (κ1) is 7.44. The molecule has 0 atom stereocenters. The molecule has 0 amide bonds. The summed E-state index contributed by atoms with van der Waals surface area (Å²) in [6.45, 7) is 3.99. The summed E-state index contributed by atoms with van der Waals surface area (Å²) in [5.74, 6) is 0. The standard InChI is InChI=1S/C7H12O/c1-3-4-5-7(2)6-8/h3-5,8H,6H2,1-2H3. The molecule has 0 heterocycles. The molecule has 1 heteroatoms. The Morgan fingerprint density at radius 2 is 2.25 bits per heavy atom. The molecule has 0 aliphatic carbocycles. The maximum Gasteiger partial charge on any atom is 0.0642 e. The Balaban J connectivity index is 3.57. The van der Waals surface area contributed by atoms with Crippen LogP contribution in [0.3, 0.4) is 0 Å². The molecule has 0 aromatic rings. The van der Waals surface area contributed by atoms with Gasteiger partial charge in [-0.2, -0.15) is 0 Å². The van der Waals surface area contributed by atoms with Gasteiger partial charge in [-0.05, 0) is 19.4 Å². The predicted molar refractivity (Wildman–Crippen MR) is 35.7 cm³/mol. The Kier molecular flexibility index (Phi) is 4.27. The molecule has 0 aliphatic heterocycles. The fourth-order valence-electron chi connectivity index (χ4n) is 0.313. The summed E-state index contributed by atoms with van der Waals surface area (Å²) in [4.78, 5) is 0. The number of hydrogen-bond acceptors (Lipinski definition) is 1.